The molecule has 2 aliphatic heterocycles. The number of Topliss-reactive ketones (excluding diaryl/α,β-unsaturated/α-hetero) is 1. The molecular formula is C22H25N3O2. The number of hydrogen-bond acceptors (Lipinski definition) is 4. The summed E-state index contributed by atoms with van der Waals surface area (Å²) in [4.78, 5) is 32.1. The lowest BCUT2D eigenvalue weighted by Gasteiger charge is -2.36. The molecule has 27 heavy (non-hydrogen) atoms. The fraction of sp³-hybridized carbons (Fsp3) is 0.409. The van der Waals surface area contributed by atoms with Gasteiger partial charge in [0.05, 0.1) is 17.1 Å². The normalized spacial score (nSPS) is 23.0. The fourth-order valence-corrected chi connectivity index (χ4v) is 4.30. The first-order valence-corrected chi connectivity index (χ1v) is 9.47. The van der Waals surface area contributed by atoms with E-state index in [0.717, 1.165) is 25.1 Å². The van der Waals surface area contributed by atoms with Crippen LogP contribution >= 0.6 is 0 Å². The minimum Gasteiger partial charge on any atom is -0.374 e. The molecule has 1 N–H and O–H groups in total. The van der Waals surface area contributed by atoms with Crippen molar-refractivity contribution in [3.05, 3.63) is 46.7 Å². The number of nitrogens with one attached hydrogen (secondary N) is 1. The van der Waals surface area contributed by atoms with Crippen molar-refractivity contribution in [1.29, 1.82) is 0 Å². The van der Waals surface area contributed by atoms with Crippen molar-refractivity contribution in [2.75, 3.05) is 18.5 Å². The summed E-state index contributed by atoms with van der Waals surface area (Å²) < 4.78 is 0. The summed E-state index contributed by atoms with van der Waals surface area (Å²) in [6.45, 7) is 6.78. The molecule has 0 aromatic heterocycles. The average molecular weight is 363 g/mol. The van der Waals surface area contributed by atoms with Crippen LogP contribution in [0.25, 0.3) is 0 Å². The van der Waals surface area contributed by atoms with Gasteiger partial charge in [-0.15, -0.1) is 0 Å². The third-order valence-corrected chi connectivity index (χ3v) is 5.65. The second-order valence-corrected chi connectivity index (χ2v) is 8.35. The van der Waals surface area contributed by atoms with Crippen LogP contribution in [0.1, 0.15) is 39.2 Å². The number of hydrogen-bond donors (Lipinski definition) is 1. The molecule has 5 nitrogen and oxygen atoms in total. The number of amides is 1. The molecule has 4 rings (SSSR count). The van der Waals surface area contributed by atoms with Gasteiger partial charge in [0.25, 0.3) is 0 Å². The lowest BCUT2D eigenvalue weighted by molar-refractivity contribution is -0.123. The molecule has 1 aromatic carbocycles. The van der Waals surface area contributed by atoms with Crippen molar-refractivity contribution < 1.29 is 9.59 Å². The van der Waals surface area contributed by atoms with Crippen molar-refractivity contribution in [2.24, 2.45) is 10.4 Å². The van der Waals surface area contributed by atoms with Gasteiger partial charge in [0.15, 0.2) is 5.78 Å². The van der Waals surface area contributed by atoms with Crippen molar-refractivity contribution in [2.45, 2.75) is 40.0 Å². The molecule has 3 aliphatic rings. The van der Waals surface area contributed by atoms with Gasteiger partial charge in [-0.1, -0.05) is 13.8 Å². The van der Waals surface area contributed by atoms with Gasteiger partial charge >= 0.3 is 0 Å². The first kappa shape index (κ1) is 17.7. The Hall–Kier alpha value is -2.69. The second kappa shape index (κ2) is 6.19. The Morgan fingerprint density at radius 1 is 1.22 bits per heavy atom. The Bertz CT molecular complexity index is 950. The zero-order chi connectivity index (χ0) is 19.3. The third kappa shape index (κ3) is 3.01. The van der Waals surface area contributed by atoms with Crippen LogP contribution in [0.2, 0.25) is 0 Å². The highest BCUT2D eigenvalue weighted by Crippen LogP contribution is 2.40. The van der Waals surface area contributed by atoms with Gasteiger partial charge in [-0.25, -0.2) is 4.99 Å². The minimum absolute atomic E-state index is 0.000941. The molecule has 1 aromatic rings. The molecule has 0 spiro atoms. The number of anilines is 1. The minimum atomic E-state index is -0.496. The standard InChI is InChI=1S/C22H25N3O2/c1-13-10-16(20-19(21(13)27)22(2,3)12-18(26)24-20)23-15-7-8-17-14(11-15)6-5-9-25(17)4/h7-8,10-11H,5-6,9,12H2,1-4H3,(H,24,26). The Balaban J connectivity index is 1.82. The topological polar surface area (TPSA) is 61.8 Å². The third-order valence-electron chi connectivity index (χ3n) is 5.65. The molecule has 0 saturated heterocycles. The molecule has 0 unspecified atom stereocenters. The molecule has 1 aliphatic carbocycles. The van der Waals surface area contributed by atoms with Crippen LogP contribution in [0, 0.1) is 5.41 Å². The van der Waals surface area contributed by atoms with Crippen LogP contribution in [0.15, 0.2) is 46.1 Å². The lowest BCUT2D eigenvalue weighted by atomic mass is 9.72. The zero-order valence-electron chi connectivity index (χ0n) is 16.3. The summed E-state index contributed by atoms with van der Waals surface area (Å²) >= 11 is 0. The van der Waals surface area contributed by atoms with E-state index in [0.29, 0.717) is 29.0 Å². The van der Waals surface area contributed by atoms with Gasteiger partial charge < -0.3 is 10.2 Å². The van der Waals surface area contributed by atoms with E-state index in [4.69, 9.17) is 4.99 Å². The van der Waals surface area contributed by atoms with E-state index in [1.807, 2.05) is 26.8 Å². The Morgan fingerprint density at radius 2 is 2.00 bits per heavy atom. The largest absolute Gasteiger partial charge is 0.374 e. The monoisotopic (exact) mass is 363 g/mol. The average Bonchev–Trinajstić information content (AvgIpc) is 2.58. The van der Waals surface area contributed by atoms with Crippen LogP contribution < -0.4 is 10.2 Å². The number of aryl methyl sites for hydroxylation is 1. The van der Waals surface area contributed by atoms with Crippen molar-refractivity contribution >= 4 is 28.8 Å². The molecule has 0 fully saturated rings. The molecule has 1 amide bonds. The van der Waals surface area contributed by atoms with Crippen LogP contribution in [-0.4, -0.2) is 31.0 Å². The summed E-state index contributed by atoms with van der Waals surface area (Å²) in [6.07, 6.45) is 4.28. The van der Waals surface area contributed by atoms with Crippen LogP contribution in [-0.2, 0) is 16.0 Å². The molecule has 0 atom stereocenters. The molecule has 0 radical (unpaired) electrons. The highest BCUT2D eigenvalue weighted by atomic mass is 16.2. The van der Waals surface area contributed by atoms with Gasteiger partial charge in [0.1, 0.15) is 0 Å². The smallest absolute Gasteiger partial charge is 0.225 e. The van der Waals surface area contributed by atoms with Crippen LogP contribution in [0.3, 0.4) is 0 Å². The van der Waals surface area contributed by atoms with E-state index in [2.05, 4.69) is 29.4 Å². The second-order valence-electron chi connectivity index (χ2n) is 8.35. The van der Waals surface area contributed by atoms with Gasteiger partial charge in [0.2, 0.25) is 5.91 Å². The Morgan fingerprint density at radius 3 is 2.78 bits per heavy atom. The van der Waals surface area contributed by atoms with Gasteiger partial charge in [-0.2, -0.15) is 0 Å². The van der Waals surface area contributed by atoms with Crippen LogP contribution in [0.4, 0.5) is 11.4 Å². The Labute approximate surface area is 159 Å². The molecule has 5 heteroatoms. The molecule has 2 heterocycles. The number of rotatable bonds is 1. The van der Waals surface area contributed by atoms with Crippen LogP contribution in [0.5, 0.6) is 0 Å². The highest BCUT2D eigenvalue weighted by molar-refractivity contribution is 6.26. The number of nitrogens with zero attached hydrogens (tertiary/aromatic N) is 2. The van der Waals surface area contributed by atoms with E-state index in [1.54, 1.807) is 6.08 Å². The molecule has 0 saturated carbocycles. The summed E-state index contributed by atoms with van der Waals surface area (Å²) in [7, 11) is 2.11. The number of carbonyl (C=O) groups is 2. The fourth-order valence-electron chi connectivity index (χ4n) is 4.30. The first-order chi connectivity index (χ1) is 12.8. The van der Waals surface area contributed by atoms with E-state index in [-0.39, 0.29) is 11.7 Å². The van der Waals surface area contributed by atoms with Crippen molar-refractivity contribution in [3.63, 3.8) is 0 Å². The SMILES string of the molecule is CC1=CC(=Nc2ccc3c(c2)CCCN3C)C2=C(C1=O)C(C)(C)CC(=O)N2. The number of aliphatic imine (C=N–C) groups is 1. The maximum Gasteiger partial charge on any atom is 0.225 e. The quantitative estimate of drug-likeness (QED) is 0.777. The van der Waals surface area contributed by atoms with E-state index in [9.17, 15) is 9.59 Å². The number of ketones is 1. The van der Waals surface area contributed by atoms with Gasteiger partial charge in [0, 0.05) is 36.7 Å². The zero-order valence-corrected chi connectivity index (χ0v) is 16.3. The first-order valence-electron chi connectivity index (χ1n) is 9.47. The predicted octanol–water partition coefficient (Wildman–Crippen LogP) is 3.47. The van der Waals surface area contributed by atoms with Crippen molar-refractivity contribution in [1.82, 2.24) is 5.32 Å². The maximum absolute atomic E-state index is 12.8. The number of carbonyl (C=O) groups excluding carboxylic acids is 2. The molecule has 0 bridgehead atoms. The molecular weight excluding hydrogens is 338 g/mol. The number of fused-ring (bicyclic) bond motifs is 1. The maximum atomic E-state index is 12.8. The summed E-state index contributed by atoms with van der Waals surface area (Å²) in [6, 6.07) is 6.23. The van der Waals surface area contributed by atoms with E-state index < -0.39 is 5.41 Å². The Kier molecular flexibility index (Phi) is 4.06. The highest BCUT2D eigenvalue weighted by Gasteiger charge is 2.41. The lowest BCUT2D eigenvalue weighted by Crippen LogP contribution is -2.44. The van der Waals surface area contributed by atoms with Crippen molar-refractivity contribution in [3.8, 4) is 0 Å². The van der Waals surface area contributed by atoms with Gasteiger partial charge in [-0.05, 0) is 55.2 Å². The van der Waals surface area contributed by atoms with E-state index in [1.165, 1.54) is 11.3 Å². The molecule has 140 valence electrons. The number of benzene rings is 1. The van der Waals surface area contributed by atoms with Gasteiger partial charge in [-0.3, -0.25) is 9.59 Å². The summed E-state index contributed by atoms with van der Waals surface area (Å²) in [5, 5.41) is 2.90. The summed E-state index contributed by atoms with van der Waals surface area (Å²) in [5.74, 6) is -0.0692. The summed E-state index contributed by atoms with van der Waals surface area (Å²) in [5.41, 5.74) is 5.45. The number of allylic oxidation sites excluding steroid dienone is 3. The predicted molar refractivity (Wildman–Crippen MR) is 107 cm³/mol. The van der Waals surface area contributed by atoms with E-state index >= 15 is 0 Å².